The monoisotopic (exact) mass is 313 g/mol. The fourth-order valence-electron chi connectivity index (χ4n) is 1.60. The molecule has 2 aromatic rings. The van der Waals surface area contributed by atoms with Crippen LogP contribution in [0, 0.1) is 12.7 Å². The van der Waals surface area contributed by atoms with Crippen LogP contribution in [0.2, 0.25) is 0 Å². The zero-order valence-electron chi connectivity index (χ0n) is 10.8. The van der Waals surface area contributed by atoms with Crippen LogP contribution in [0.25, 0.3) is 0 Å². The summed E-state index contributed by atoms with van der Waals surface area (Å²) in [5.74, 6) is -0.812. The van der Waals surface area contributed by atoms with Crippen molar-refractivity contribution in [2.75, 3.05) is 7.11 Å². The first-order chi connectivity index (χ1) is 9.52. The number of carboxylic acids is 1. The highest BCUT2D eigenvalue weighted by Gasteiger charge is 2.15. The summed E-state index contributed by atoms with van der Waals surface area (Å²) in [6, 6.07) is 4.94. The summed E-state index contributed by atoms with van der Waals surface area (Å²) in [6.07, 6.45) is 0. The van der Waals surface area contributed by atoms with Gasteiger partial charge in [0.1, 0.15) is 4.88 Å². The molecule has 2 rings (SSSR count). The zero-order valence-corrected chi connectivity index (χ0v) is 12.5. The second-order valence-electron chi connectivity index (χ2n) is 3.92. The number of hydrogen-bond acceptors (Lipinski definition) is 5. The second-order valence-corrected chi connectivity index (χ2v) is 6.14. The molecule has 0 aliphatic heterocycles. The number of aromatic nitrogens is 1. The third-order valence-corrected chi connectivity index (χ3v) is 4.92. The Labute approximate surface area is 123 Å². The number of hydrogen-bond donors (Lipinski definition) is 1. The topological polar surface area (TPSA) is 59.4 Å². The maximum Gasteiger partial charge on any atom is 0.347 e. The molecule has 0 spiro atoms. The Morgan fingerprint density at radius 3 is 2.90 bits per heavy atom. The number of benzene rings is 1. The van der Waals surface area contributed by atoms with Gasteiger partial charge in [-0.15, -0.1) is 11.3 Å². The minimum absolute atomic E-state index is 0.199. The van der Waals surface area contributed by atoms with Crippen molar-refractivity contribution in [3.8, 4) is 5.75 Å². The number of methoxy groups -OCH3 is 1. The van der Waals surface area contributed by atoms with Gasteiger partial charge in [0.25, 0.3) is 0 Å². The highest BCUT2D eigenvalue weighted by Crippen LogP contribution is 2.31. The van der Waals surface area contributed by atoms with Crippen molar-refractivity contribution >= 4 is 29.1 Å². The summed E-state index contributed by atoms with van der Waals surface area (Å²) in [5.41, 5.74) is 0.982. The van der Waals surface area contributed by atoms with Crippen LogP contribution in [0.15, 0.2) is 22.5 Å². The van der Waals surface area contributed by atoms with E-state index in [0.29, 0.717) is 21.3 Å². The Balaban J connectivity index is 2.13. The first-order valence-electron chi connectivity index (χ1n) is 5.67. The summed E-state index contributed by atoms with van der Waals surface area (Å²) < 4.78 is 19.5. The van der Waals surface area contributed by atoms with Gasteiger partial charge in [-0.3, -0.25) is 0 Å². The molecule has 0 bridgehead atoms. The number of ether oxygens (including phenoxy) is 1. The van der Waals surface area contributed by atoms with Gasteiger partial charge in [0.05, 0.1) is 12.8 Å². The molecule has 0 atom stereocenters. The molecular formula is C13H12FNO3S2. The zero-order chi connectivity index (χ0) is 14.7. The van der Waals surface area contributed by atoms with E-state index in [2.05, 4.69) is 4.98 Å². The van der Waals surface area contributed by atoms with Crippen LogP contribution < -0.4 is 4.74 Å². The number of halogens is 1. The quantitative estimate of drug-likeness (QED) is 0.855. The molecule has 0 aliphatic carbocycles. The molecule has 0 saturated heterocycles. The van der Waals surface area contributed by atoms with Gasteiger partial charge in [-0.05, 0) is 13.0 Å². The van der Waals surface area contributed by atoms with Gasteiger partial charge in [0.2, 0.25) is 0 Å². The third-order valence-electron chi connectivity index (χ3n) is 2.59. The van der Waals surface area contributed by atoms with E-state index in [1.165, 1.54) is 18.9 Å². The van der Waals surface area contributed by atoms with Crippen molar-refractivity contribution in [2.45, 2.75) is 17.0 Å². The standard InChI is InChI=1S/C13H12FNO3S2/c1-7-11(12(16)17)20-13(15-7)19-6-8-4-3-5-9(18-2)10(8)14/h3-5H,6H2,1-2H3,(H,16,17). The largest absolute Gasteiger partial charge is 0.494 e. The Hall–Kier alpha value is -1.60. The van der Waals surface area contributed by atoms with Gasteiger partial charge in [-0.2, -0.15) is 0 Å². The Bertz CT molecular complexity index is 643. The molecule has 1 aromatic heterocycles. The van der Waals surface area contributed by atoms with Crippen LogP contribution in [0.4, 0.5) is 4.39 Å². The van der Waals surface area contributed by atoms with Crippen molar-refractivity contribution in [2.24, 2.45) is 0 Å². The Morgan fingerprint density at radius 1 is 1.55 bits per heavy atom. The van der Waals surface area contributed by atoms with Crippen molar-refractivity contribution in [3.05, 3.63) is 40.2 Å². The number of aromatic carboxylic acids is 1. The third kappa shape index (κ3) is 3.10. The molecule has 0 radical (unpaired) electrons. The molecule has 1 aromatic carbocycles. The lowest BCUT2D eigenvalue weighted by molar-refractivity contribution is 0.0701. The van der Waals surface area contributed by atoms with Gasteiger partial charge >= 0.3 is 5.97 Å². The molecule has 7 heteroatoms. The Kier molecular flexibility index (Phi) is 4.61. The predicted molar refractivity (Wildman–Crippen MR) is 76.3 cm³/mol. The van der Waals surface area contributed by atoms with E-state index >= 15 is 0 Å². The van der Waals surface area contributed by atoms with E-state index in [-0.39, 0.29) is 10.6 Å². The molecule has 1 N–H and O–H groups in total. The highest BCUT2D eigenvalue weighted by atomic mass is 32.2. The number of thioether (sulfide) groups is 1. The van der Waals surface area contributed by atoms with Crippen molar-refractivity contribution in [3.63, 3.8) is 0 Å². The van der Waals surface area contributed by atoms with E-state index in [9.17, 15) is 9.18 Å². The van der Waals surface area contributed by atoms with Crippen molar-refractivity contribution < 1.29 is 19.0 Å². The first kappa shape index (κ1) is 14.8. The molecule has 0 aliphatic rings. The molecular weight excluding hydrogens is 301 g/mol. The summed E-state index contributed by atoms with van der Waals surface area (Å²) in [4.78, 5) is 15.3. The van der Waals surface area contributed by atoms with Crippen molar-refractivity contribution in [1.82, 2.24) is 4.98 Å². The normalized spacial score (nSPS) is 10.6. The number of aryl methyl sites for hydroxylation is 1. The van der Waals surface area contributed by atoms with Crippen LogP contribution in [-0.2, 0) is 5.75 Å². The second kappa shape index (κ2) is 6.23. The molecule has 0 fully saturated rings. The summed E-state index contributed by atoms with van der Waals surface area (Å²) in [5, 5.41) is 8.96. The lowest BCUT2D eigenvalue weighted by atomic mass is 10.2. The molecule has 4 nitrogen and oxygen atoms in total. The van der Waals surface area contributed by atoms with E-state index < -0.39 is 11.8 Å². The summed E-state index contributed by atoms with van der Waals surface area (Å²) >= 11 is 2.41. The summed E-state index contributed by atoms with van der Waals surface area (Å²) in [7, 11) is 1.42. The van der Waals surface area contributed by atoms with E-state index in [1.807, 2.05) is 0 Å². The lowest BCUT2D eigenvalue weighted by Gasteiger charge is -2.05. The molecule has 0 amide bonds. The summed E-state index contributed by atoms with van der Waals surface area (Å²) in [6.45, 7) is 1.65. The van der Waals surface area contributed by atoms with E-state index in [4.69, 9.17) is 9.84 Å². The van der Waals surface area contributed by atoms with Gasteiger partial charge < -0.3 is 9.84 Å². The average molecular weight is 313 g/mol. The minimum Gasteiger partial charge on any atom is -0.494 e. The number of thiazole rings is 1. The van der Waals surface area contributed by atoms with Gasteiger partial charge in [0.15, 0.2) is 15.9 Å². The number of nitrogens with zero attached hydrogens (tertiary/aromatic N) is 1. The van der Waals surface area contributed by atoms with Gasteiger partial charge in [-0.25, -0.2) is 14.2 Å². The van der Waals surface area contributed by atoms with E-state index in [0.717, 1.165) is 11.3 Å². The Morgan fingerprint density at radius 2 is 2.30 bits per heavy atom. The van der Waals surface area contributed by atoms with Crippen LogP contribution >= 0.6 is 23.1 Å². The lowest BCUT2D eigenvalue weighted by Crippen LogP contribution is -1.94. The van der Waals surface area contributed by atoms with Gasteiger partial charge in [0, 0.05) is 11.3 Å². The fraction of sp³-hybridized carbons (Fsp3) is 0.231. The molecule has 1 heterocycles. The smallest absolute Gasteiger partial charge is 0.347 e. The number of rotatable bonds is 5. The molecule has 0 saturated carbocycles. The van der Waals surface area contributed by atoms with Crippen LogP contribution in [0.1, 0.15) is 20.9 Å². The SMILES string of the molecule is COc1cccc(CSc2nc(C)c(C(=O)O)s2)c1F. The molecule has 0 unspecified atom stereocenters. The number of carbonyl (C=O) groups is 1. The predicted octanol–water partition coefficient (Wildman–Crippen LogP) is 3.59. The fourth-order valence-corrected chi connectivity index (χ4v) is 3.60. The van der Waals surface area contributed by atoms with E-state index in [1.54, 1.807) is 25.1 Å². The molecule has 106 valence electrons. The van der Waals surface area contributed by atoms with Crippen LogP contribution in [-0.4, -0.2) is 23.2 Å². The first-order valence-corrected chi connectivity index (χ1v) is 7.48. The maximum atomic E-state index is 13.9. The number of carboxylic acid groups (broad SMARTS) is 1. The van der Waals surface area contributed by atoms with Crippen LogP contribution in [0.5, 0.6) is 5.75 Å². The molecule has 20 heavy (non-hydrogen) atoms. The average Bonchev–Trinajstić information content (AvgIpc) is 2.79. The minimum atomic E-state index is -0.987. The van der Waals surface area contributed by atoms with Crippen molar-refractivity contribution in [1.29, 1.82) is 0 Å². The highest BCUT2D eigenvalue weighted by molar-refractivity contribution is 8.00. The van der Waals surface area contributed by atoms with Gasteiger partial charge in [-0.1, -0.05) is 23.9 Å². The maximum absolute atomic E-state index is 13.9. The van der Waals surface area contributed by atoms with Crippen LogP contribution in [0.3, 0.4) is 0 Å².